The third kappa shape index (κ3) is 2.47. The summed E-state index contributed by atoms with van der Waals surface area (Å²) in [6.07, 6.45) is 0. The van der Waals surface area contributed by atoms with Gasteiger partial charge in [-0.1, -0.05) is 24.3 Å². The molecule has 0 spiro atoms. The molecule has 2 aromatic rings. The minimum atomic E-state index is -0.187. The van der Waals surface area contributed by atoms with E-state index in [4.69, 9.17) is 0 Å². The highest BCUT2D eigenvalue weighted by Gasteiger charge is 2.18. The lowest BCUT2D eigenvalue weighted by molar-refractivity contribution is 0.343. The summed E-state index contributed by atoms with van der Waals surface area (Å²) < 4.78 is 13.4. The van der Waals surface area contributed by atoms with Gasteiger partial charge in [0.1, 0.15) is 5.82 Å². The summed E-state index contributed by atoms with van der Waals surface area (Å²) in [4.78, 5) is 4.49. The van der Waals surface area contributed by atoms with Crippen molar-refractivity contribution in [3.05, 3.63) is 59.9 Å². The maximum atomic E-state index is 13.4. The Labute approximate surface area is 113 Å². The summed E-state index contributed by atoms with van der Waals surface area (Å²) in [6.45, 7) is 2.77. The fourth-order valence-corrected chi connectivity index (χ4v) is 2.58. The predicted octanol–water partition coefficient (Wildman–Crippen LogP) is 3.41. The molecule has 19 heavy (non-hydrogen) atoms. The zero-order chi connectivity index (χ0) is 13.2. The maximum absolute atomic E-state index is 13.4. The predicted molar refractivity (Wildman–Crippen MR) is 76.2 cm³/mol. The lowest BCUT2D eigenvalue weighted by Gasteiger charge is -2.24. The summed E-state index contributed by atoms with van der Waals surface area (Å²) >= 11 is 0. The number of rotatable bonds is 1. The first-order valence-electron chi connectivity index (χ1n) is 6.53. The highest BCUT2D eigenvalue weighted by atomic mass is 19.1. The molecule has 0 unspecified atom stereocenters. The normalized spacial score (nSPS) is 16.0. The van der Waals surface area contributed by atoms with Gasteiger partial charge in [-0.05, 0) is 36.9 Å². The molecule has 0 aromatic heterocycles. The molecule has 98 valence electrons. The molecule has 2 nitrogen and oxygen atoms in total. The first kappa shape index (κ1) is 12.2. The summed E-state index contributed by atoms with van der Waals surface area (Å²) in [5.41, 5.74) is 3.38. The van der Waals surface area contributed by atoms with Crippen molar-refractivity contribution in [2.24, 2.45) is 0 Å². The minimum Gasteiger partial charge on any atom is -0.340 e. The molecule has 1 aliphatic rings. The standard InChI is InChI=1S/C16H17FN2/c1-18-9-10-19(15-7-4-6-14(17)11-15)16-8-3-2-5-13(16)12-18/h2-8,11H,9-10,12H2,1H3. The smallest absolute Gasteiger partial charge is 0.125 e. The fraction of sp³-hybridized carbons (Fsp3) is 0.250. The van der Waals surface area contributed by atoms with Gasteiger partial charge in [-0.25, -0.2) is 4.39 Å². The molecule has 0 N–H and O–H groups in total. The first-order chi connectivity index (χ1) is 9.24. The van der Waals surface area contributed by atoms with Gasteiger partial charge in [-0.3, -0.25) is 0 Å². The Morgan fingerprint density at radius 2 is 1.84 bits per heavy atom. The molecular weight excluding hydrogens is 239 g/mol. The lowest BCUT2D eigenvalue weighted by Crippen LogP contribution is -2.26. The highest BCUT2D eigenvalue weighted by Crippen LogP contribution is 2.31. The topological polar surface area (TPSA) is 6.48 Å². The number of halogens is 1. The van der Waals surface area contributed by atoms with Crippen LogP contribution in [0.4, 0.5) is 15.8 Å². The van der Waals surface area contributed by atoms with E-state index in [1.54, 1.807) is 12.1 Å². The Kier molecular flexibility index (Phi) is 3.22. The largest absolute Gasteiger partial charge is 0.340 e. The van der Waals surface area contributed by atoms with Crippen LogP contribution in [-0.4, -0.2) is 25.0 Å². The number of fused-ring (bicyclic) bond motifs is 1. The van der Waals surface area contributed by atoms with Crippen LogP contribution in [0.2, 0.25) is 0 Å². The third-order valence-electron chi connectivity index (χ3n) is 3.55. The molecular formula is C16H17FN2. The number of likely N-dealkylation sites (N-methyl/N-ethyl adjacent to an activating group) is 1. The highest BCUT2D eigenvalue weighted by molar-refractivity contribution is 5.67. The van der Waals surface area contributed by atoms with Crippen LogP contribution in [0.1, 0.15) is 5.56 Å². The van der Waals surface area contributed by atoms with Crippen molar-refractivity contribution in [2.75, 3.05) is 25.0 Å². The van der Waals surface area contributed by atoms with E-state index in [1.165, 1.54) is 17.3 Å². The molecule has 0 saturated heterocycles. The second-order valence-corrected chi connectivity index (χ2v) is 5.00. The molecule has 3 rings (SSSR count). The van der Waals surface area contributed by atoms with E-state index in [0.29, 0.717) is 0 Å². The van der Waals surface area contributed by atoms with Crippen LogP contribution in [0.15, 0.2) is 48.5 Å². The van der Waals surface area contributed by atoms with Gasteiger partial charge < -0.3 is 9.80 Å². The average Bonchev–Trinajstić information content (AvgIpc) is 2.57. The van der Waals surface area contributed by atoms with E-state index < -0.39 is 0 Å². The third-order valence-corrected chi connectivity index (χ3v) is 3.55. The molecule has 0 aliphatic carbocycles. The summed E-state index contributed by atoms with van der Waals surface area (Å²) in [5.74, 6) is -0.187. The molecule has 3 heteroatoms. The summed E-state index contributed by atoms with van der Waals surface area (Å²) in [7, 11) is 2.12. The zero-order valence-electron chi connectivity index (χ0n) is 11.0. The monoisotopic (exact) mass is 256 g/mol. The van der Waals surface area contributed by atoms with Gasteiger partial charge in [0.25, 0.3) is 0 Å². The van der Waals surface area contributed by atoms with Crippen LogP contribution in [0.3, 0.4) is 0 Å². The molecule has 0 fully saturated rings. The van der Waals surface area contributed by atoms with Crippen LogP contribution >= 0.6 is 0 Å². The number of hydrogen-bond donors (Lipinski definition) is 0. The Morgan fingerprint density at radius 1 is 1.00 bits per heavy atom. The quantitative estimate of drug-likeness (QED) is 0.771. The van der Waals surface area contributed by atoms with Crippen molar-refractivity contribution >= 4 is 11.4 Å². The number of benzene rings is 2. The first-order valence-corrected chi connectivity index (χ1v) is 6.53. The van der Waals surface area contributed by atoms with Gasteiger partial charge in [-0.15, -0.1) is 0 Å². The Balaban J connectivity index is 2.06. The van der Waals surface area contributed by atoms with Crippen LogP contribution in [0.5, 0.6) is 0 Å². The summed E-state index contributed by atoms with van der Waals surface area (Å²) in [6, 6.07) is 15.2. The second-order valence-electron chi connectivity index (χ2n) is 5.00. The van der Waals surface area contributed by atoms with Crippen molar-refractivity contribution in [1.29, 1.82) is 0 Å². The summed E-state index contributed by atoms with van der Waals surface area (Å²) in [5, 5.41) is 0. The number of para-hydroxylation sites is 1. The van der Waals surface area contributed by atoms with Crippen LogP contribution < -0.4 is 4.90 Å². The van der Waals surface area contributed by atoms with Gasteiger partial charge in [0.15, 0.2) is 0 Å². The SMILES string of the molecule is CN1CCN(c2cccc(F)c2)c2ccccc2C1. The molecule has 0 radical (unpaired) electrons. The van der Waals surface area contributed by atoms with Crippen molar-refractivity contribution < 1.29 is 4.39 Å². The number of nitrogens with zero attached hydrogens (tertiary/aromatic N) is 2. The van der Waals surface area contributed by atoms with Crippen LogP contribution in [-0.2, 0) is 6.54 Å². The van der Waals surface area contributed by atoms with E-state index in [1.807, 2.05) is 12.1 Å². The van der Waals surface area contributed by atoms with Crippen molar-refractivity contribution in [3.63, 3.8) is 0 Å². The Hall–Kier alpha value is -1.87. The average molecular weight is 256 g/mol. The van der Waals surface area contributed by atoms with Crippen LogP contribution in [0, 0.1) is 5.82 Å². The molecule has 0 amide bonds. The number of anilines is 2. The van der Waals surface area contributed by atoms with Crippen molar-refractivity contribution in [2.45, 2.75) is 6.54 Å². The Bertz CT molecular complexity index is 582. The van der Waals surface area contributed by atoms with E-state index >= 15 is 0 Å². The van der Waals surface area contributed by atoms with Gasteiger partial charge in [-0.2, -0.15) is 0 Å². The van der Waals surface area contributed by atoms with Gasteiger partial charge in [0.05, 0.1) is 0 Å². The van der Waals surface area contributed by atoms with E-state index in [-0.39, 0.29) is 5.82 Å². The molecule has 1 heterocycles. The number of hydrogen-bond acceptors (Lipinski definition) is 2. The minimum absolute atomic E-state index is 0.187. The van der Waals surface area contributed by atoms with Crippen molar-refractivity contribution in [3.8, 4) is 0 Å². The van der Waals surface area contributed by atoms with Gasteiger partial charge >= 0.3 is 0 Å². The van der Waals surface area contributed by atoms with E-state index in [0.717, 1.165) is 25.3 Å². The van der Waals surface area contributed by atoms with Crippen molar-refractivity contribution in [1.82, 2.24) is 4.90 Å². The van der Waals surface area contributed by atoms with E-state index in [2.05, 4.69) is 35.0 Å². The molecule has 0 saturated carbocycles. The lowest BCUT2D eigenvalue weighted by atomic mass is 10.1. The Morgan fingerprint density at radius 3 is 2.68 bits per heavy atom. The van der Waals surface area contributed by atoms with Gasteiger partial charge in [0, 0.05) is 31.0 Å². The zero-order valence-corrected chi connectivity index (χ0v) is 11.0. The maximum Gasteiger partial charge on any atom is 0.125 e. The molecule has 1 aliphatic heterocycles. The molecule has 0 atom stereocenters. The second kappa shape index (κ2) is 5.02. The van der Waals surface area contributed by atoms with E-state index in [9.17, 15) is 4.39 Å². The molecule has 2 aromatic carbocycles. The fourth-order valence-electron chi connectivity index (χ4n) is 2.58. The van der Waals surface area contributed by atoms with Crippen LogP contribution in [0.25, 0.3) is 0 Å². The molecule has 0 bridgehead atoms. The van der Waals surface area contributed by atoms with Gasteiger partial charge in [0.2, 0.25) is 0 Å².